The van der Waals surface area contributed by atoms with E-state index in [1.807, 2.05) is 0 Å². The Labute approximate surface area is 162 Å². The number of hydrogen-bond acceptors (Lipinski definition) is 8. The number of aryl methyl sites for hydroxylation is 1. The first-order valence-corrected chi connectivity index (χ1v) is 7.98. The highest BCUT2D eigenvalue weighted by molar-refractivity contribution is 5.98. The molecule has 12 heteroatoms. The van der Waals surface area contributed by atoms with Crippen LogP contribution in [0.3, 0.4) is 0 Å². The molecule has 12 nitrogen and oxygen atoms in total. The fourth-order valence-electron chi connectivity index (χ4n) is 2.70. The summed E-state index contributed by atoms with van der Waals surface area (Å²) in [6, 6.07) is 7.40. The maximum absolute atomic E-state index is 12.3. The molecule has 0 atom stereocenters. The standard InChI is InChI=1S/C17H13N5O7/c1-20-14-4-3-12(29-2)8-13(14)15(17(20)24)18-19-16(23)9-5-10(21(25)26)7-11(6-9)22(27)28/h3-8,24H,1-2H3. The Morgan fingerprint density at radius 1 is 1.10 bits per heavy atom. The van der Waals surface area contributed by atoms with Gasteiger partial charge >= 0.3 is 0 Å². The second kappa shape index (κ2) is 7.34. The molecule has 148 valence electrons. The van der Waals surface area contributed by atoms with Crippen molar-refractivity contribution in [3.63, 3.8) is 0 Å². The van der Waals surface area contributed by atoms with Gasteiger partial charge in [0.15, 0.2) is 5.69 Å². The van der Waals surface area contributed by atoms with E-state index in [1.165, 1.54) is 11.7 Å². The van der Waals surface area contributed by atoms with E-state index in [0.29, 0.717) is 16.7 Å². The fourth-order valence-corrected chi connectivity index (χ4v) is 2.70. The van der Waals surface area contributed by atoms with Crippen molar-refractivity contribution in [2.75, 3.05) is 7.11 Å². The third kappa shape index (κ3) is 3.58. The van der Waals surface area contributed by atoms with Crippen LogP contribution in [-0.4, -0.2) is 32.5 Å². The number of nitro groups is 2. The van der Waals surface area contributed by atoms with Crippen molar-refractivity contribution in [2.45, 2.75) is 0 Å². The first-order chi connectivity index (χ1) is 13.7. The first-order valence-electron chi connectivity index (χ1n) is 7.98. The highest BCUT2D eigenvalue weighted by Gasteiger charge is 2.21. The van der Waals surface area contributed by atoms with Crippen LogP contribution in [0.25, 0.3) is 10.9 Å². The molecule has 1 N–H and O–H groups in total. The van der Waals surface area contributed by atoms with Crippen LogP contribution in [0.5, 0.6) is 11.6 Å². The van der Waals surface area contributed by atoms with Crippen molar-refractivity contribution >= 4 is 33.9 Å². The number of methoxy groups -OCH3 is 1. The number of rotatable bonds is 5. The smallest absolute Gasteiger partial charge is 0.295 e. The molecule has 3 aromatic rings. The van der Waals surface area contributed by atoms with Gasteiger partial charge in [-0.1, -0.05) is 0 Å². The second-order valence-corrected chi connectivity index (χ2v) is 5.87. The highest BCUT2D eigenvalue weighted by Crippen LogP contribution is 2.39. The number of non-ortho nitro benzene ring substituents is 2. The Morgan fingerprint density at radius 2 is 1.72 bits per heavy atom. The van der Waals surface area contributed by atoms with Crippen molar-refractivity contribution in [1.29, 1.82) is 0 Å². The number of nitrogens with zero attached hydrogens (tertiary/aromatic N) is 5. The average Bonchev–Trinajstić information content (AvgIpc) is 2.95. The minimum Gasteiger partial charge on any atom is -0.497 e. The SMILES string of the molecule is COc1ccc2c(c1)c(N=NC(=O)c1cc([N+](=O)[O-])cc([N+](=O)[O-])c1)c(O)n2C. The summed E-state index contributed by atoms with van der Waals surface area (Å²) in [4.78, 5) is 32.5. The quantitative estimate of drug-likeness (QED) is 0.389. The van der Waals surface area contributed by atoms with E-state index < -0.39 is 27.1 Å². The Hall–Kier alpha value is -4.35. The molecule has 29 heavy (non-hydrogen) atoms. The van der Waals surface area contributed by atoms with Crippen molar-refractivity contribution in [3.05, 3.63) is 62.2 Å². The molecule has 0 saturated heterocycles. The zero-order valence-corrected chi connectivity index (χ0v) is 15.1. The molecule has 0 aliphatic carbocycles. The molecule has 0 bridgehead atoms. The van der Waals surface area contributed by atoms with Gasteiger partial charge in [0, 0.05) is 24.6 Å². The summed E-state index contributed by atoms with van der Waals surface area (Å²) in [6.45, 7) is 0. The van der Waals surface area contributed by atoms with Gasteiger partial charge < -0.3 is 14.4 Å². The van der Waals surface area contributed by atoms with Crippen molar-refractivity contribution in [1.82, 2.24) is 4.57 Å². The van der Waals surface area contributed by atoms with E-state index in [2.05, 4.69) is 10.2 Å². The minimum atomic E-state index is -1.05. The van der Waals surface area contributed by atoms with Gasteiger partial charge in [0.25, 0.3) is 17.3 Å². The number of aromatic nitrogens is 1. The number of amides is 1. The van der Waals surface area contributed by atoms with Gasteiger partial charge in [0.1, 0.15) is 5.75 Å². The molecule has 0 saturated carbocycles. The second-order valence-electron chi connectivity index (χ2n) is 5.87. The molecular formula is C17H13N5O7. The third-order valence-electron chi connectivity index (χ3n) is 4.16. The molecule has 2 aromatic carbocycles. The lowest BCUT2D eigenvalue weighted by molar-refractivity contribution is -0.394. The normalized spacial score (nSPS) is 11.1. The molecular weight excluding hydrogens is 386 g/mol. The summed E-state index contributed by atoms with van der Waals surface area (Å²) >= 11 is 0. The molecule has 1 heterocycles. The molecule has 1 amide bonds. The summed E-state index contributed by atoms with van der Waals surface area (Å²) in [5.41, 5.74) is -1.07. The molecule has 0 spiro atoms. The van der Waals surface area contributed by atoms with Gasteiger partial charge in [-0.05, 0) is 18.2 Å². The maximum Gasteiger partial charge on any atom is 0.295 e. The number of azo groups is 1. The average molecular weight is 399 g/mol. The van der Waals surface area contributed by atoms with Gasteiger partial charge in [0.2, 0.25) is 5.88 Å². The third-order valence-corrected chi connectivity index (χ3v) is 4.16. The summed E-state index contributed by atoms with van der Waals surface area (Å²) in [6.07, 6.45) is 0. The topological polar surface area (TPSA) is 162 Å². The summed E-state index contributed by atoms with van der Waals surface area (Å²) in [5.74, 6) is -0.828. The summed E-state index contributed by atoms with van der Waals surface area (Å²) < 4.78 is 6.56. The van der Waals surface area contributed by atoms with Gasteiger partial charge in [-0.3, -0.25) is 25.0 Å². The number of ether oxygens (including phenoxy) is 1. The number of carbonyl (C=O) groups is 1. The number of hydrogen-bond donors (Lipinski definition) is 1. The lowest BCUT2D eigenvalue weighted by Crippen LogP contribution is -1.99. The summed E-state index contributed by atoms with van der Waals surface area (Å²) in [5, 5.41) is 39.9. The lowest BCUT2D eigenvalue weighted by atomic mass is 10.1. The van der Waals surface area contributed by atoms with Crippen LogP contribution in [-0.2, 0) is 7.05 Å². The van der Waals surface area contributed by atoms with E-state index in [9.17, 15) is 30.1 Å². The number of fused-ring (bicyclic) bond motifs is 1. The van der Waals surface area contributed by atoms with E-state index in [0.717, 1.165) is 18.2 Å². The maximum atomic E-state index is 12.3. The Kier molecular flexibility index (Phi) is 4.92. The predicted octanol–water partition coefficient (Wildman–Crippen LogP) is 3.63. The first kappa shape index (κ1) is 19.4. The molecule has 0 aliphatic rings. The van der Waals surface area contributed by atoms with E-state index >= 15 is 0 Å². The molecule has 1 aromatic heterocycles. The zero-order valence-electron chi connectivity index (χ0n) is 15.1. The van der Waals surface area contributed by atoms with Crippen LogP contribution >= 0.6 is 0 Å². The van der Waals surface area contributed by atoms with E-state index in [-0.39, 0.29) is 17.1 Å². The lowest BCUT2D eigenvalue weighted by Gasteiger charge is -2.00. The summed E-state index contributed by atoms with van der Waals surface area (Å²) in [7, 11) is 3.04. The van der Waals surface area contributed by atoms with Crippen LogP contribution in [0.4, 0.5) is 17.1 Å². The van der Waals surface area contributed by atoms with Crippen LogP contribution in [0.2, 0.25) is 0 Å². The zero-order chi connectivity index (χ0) is 21.3. The number of nitro benzene ring substituents is 2. The van der Waals surface area contributed by atoms with Gasteiger partial charge in [-0.15, -0.1) is 10.2 Å². The van der Waals surface area contributed by atoms with E-state index in [1.54, 1.807) is 25.2 Å². The number of aromatic hydroxyl groups is 1. The number of benzene rings is 2. The van der Waals surface area contributed by atoms with E-state index in [4.69, 9.17) is 4.74 Å². The number of carbonyl (C=O) groups excluding carboxylic acids is 1. The monoisotopic (exact) mass is 399 g/mol. The molecule has 0 aliphatic heterocycles. The Morgan fingerprint density at radius 3 is 2.28 bits per heavy atom. The minimum absolute atomic E-state index is 0.0188. The van der Waals surface area contributed by atoms with Crippen molar-refractivity contribution in [3.8, 4) is 11.6 Å². The highest BCUT2D eigenvalue weighted by atomic mass is 16.6. The fraction of sp³-hybridized carbons (Fsp3) is 0.118. The van der Waals surface area contributed by atoms with Crippen molar-refractivity contribution in [2.24, 2.45) is 17.3 Å². The van der Waals surface area contributed by atoms with Gasteiger partial charge in [-0.25, -0.2) is 0 Å². The molecule has 0 unspecified atom stereocenters. The predicted molar refractivity (Wildman–Crippen MR) is 99.7 cm³/mol. The van der Waals surface area contributed by atoms with Gasteiger partial charge in [0.05, 0.1) is 34.1 Å². The van der Waals surface area contributed by atoms with Crippen LogP contribution in [0.15, 0.2) is 46.6 Å². The van der Waals surface area contributed by atoms with Gasteiger partial charge in [-0.2, -0.15) is 0 Å². The van der Waals surface area contributed by atoms with Crippen LogP contribution in [0, 0.1) is 20.2 Å². The van der Waals surface area contributed by atoms with Crippen LogP contribution in [0.1, 0.15) is 10.4 Å². The van der Waals surface area contributed by atoms with Crippen molar-refractivity contribution < 1.29 is 24.5 Å². The molecule has 0 fully saturated rings. The molecule has 0 radical (unpaired) electrons. The van der Waals surface area contributed by atoms with Crippen LogP contribution < -0.4 is 4.74 Å². The Bertz CT molecular complexity index is 1170. The largest absolute Gasteiger partial charge is 0.497 e. The Balaban J connectivity index is 2.05. The molecule has 3 rings (SSSR count).